The van der Waals surface area contributed by atoms with Gasteiger partial charge in [-0.1, -0.05) is 23.8 Å². The van der Waals surface area contributed by atoms with Crippen LogP contribution < -0.4 is 4.74 Å². The minimum atomic E-state index is -0.299. The van der Waals surface area contributed by atoms with Gasteiger partial charge >= 0.3 is 0 Å². The fraction of sp³-hybridized carbons (Fsp3) is 0.455. The number of piperidine rings is 1. The Morgan fingerprint density at radius 3 is 2.78 bits per heavy atom. The van der Waals surface area contributed by atoms with Gasteiger partial charge in [0.25, 0.3) is 0 Å². The number of amides is 1. The van der Waals surface area contributed by atoms with E-state index in [1.165, 1.54) is 5.56 Å². The first-order valence-electron chi connectivity index (χ1n) is 9.68. The number of fused-ring (bicyclic) bond motifs is 1. The molecule has 142 valence electrons. The molecule has 0 N–H and O–H groups in total. The maximum Gasteiger partial charge on any atom is 0.229 e. The first kappa shape index (κ1) is 18.0. The second-order valence-corrected chi connectivity index (χ2v) is 7.95. The fourth-order valence-corrected chi connectivity index (χ4v) is 4.04. The summed E-state index contributed by atoms with van der Waals surface area (Å²) in [6.07, 6.45) is 3.94. The third-order valence-electron chi connectivity index (χ3n) is 5.69. The Kier molecular flexibility index (Phi) is 4.87. The van der Waals surface area contributed by atoms with E-state index in [1.807, 2.05) is 23.1 Å². The quantitative estimate of drug-likeness (QED) is 0.821. The van der Waals surface area contributed by atoms with Crippen LogP contribution in [0.15, 0.2) is 42.6 Å². The van der Waals surface area contributed by atoms with Gasteiger partial charge in [-0.3, -0.25) is 9.78 Å². The zero-order chi connectivity index (χ0) is 18.9. The highest BCUT2D eigenvalue weighted by Gasteiger charge is 2.41. The molecule has 2 aromatic rings. The zero-order valence-electron chi connectivity index (χ0n) is 16.1. The molecule has 2 aliphatic heterocycles. The van der Waals surface area contributed by atoms with Crippen molar-refractivity contribution in [2.24, 2.45) is 0 Å². The van der Waals surface area contributed by atoms with E-state index in [4.69, 9.17) is 4.74 Å². The molecule has 1 aromatic carbocycles. The lowest BCUT2D eigenvalue weighted by Crippen LogP contribution is -2.53. The zero-order valence-corrected chi connectivity index (χ0v) is 16.1. The Hall–Kier alpha value is -2.40. The van der Waals surface area contributed by atoms with Crippen molar-refractivity contribution in [1.29, 1.82) is 0 Å². The lowest BCUT2D eigenvalue weighted by Gasteiger charge is -2.41. The Balaban J connectivity index is 1.63. The van der Waals surface area contributed by atoms with Gasteiger partial charge in [0, 0.05) is 49.9 Å². The van der Waals surface area contributed by atoms with E-state index in [0.717, 1.165) is 42.9 Å². The van der Waals surface area contributed by atoms with E-state index in [1.54, 1.807) is 6.20 Å². The number of aryl methyl sites for hydroxylation is 1. The summed E-state index contributed by atoms with van der Waals surface area (Å²) in [6.45, 7) is 5.30. The number of aromatic nitrogens is 1. The van der Waals surface area contributed by atoms with Gasteiger partial charge in [-0.05, 0) is 32.2 Å². The maximum absolute atomic E-state index is 13.1. The summed E-state index contributed by atoms with van der Waals surface area (Å²) >= 11 is 0. The van der Waals surface area contributed by atoms with Gasteiger partial charge < -0.3 is 14.5 Å². The lowest BCUT2D eigenvalue weighted by atomic mass is 9.90. The van der Waals surface area contributed by atoms with E-state index >= 15 is 0 Å². The molecule has 0 atom stereocenters. The van der Waals surface area contributed by atoms with Gasteiger partial charge in [-0.25, -0.2) is 0 Å². The number of likely N-dealkylation sites (tertiary alicyclic amines) is 1. The minimum Gasteiger partial charge on any atom is -0.485 e. The molecule has 1 aromatic heterocycles. The predicted octanol–water partition coefficient (Wildman–Crippen LogP) is 2.82. The number of rotatable bonds is 2. The molecule has 5 nitrogen and oxygen atoms in total. The SMILES string of the molecule is Cc1ccc2c(c1)CN(C(=O)Cc1ccccn1)CC1(CCN(C)CC1)O2. The molecule has 1 saturated heterocycles. The number of carbonyl (C=O) groups excluding carboxylic acids is 1. The van der Waals surface area contributed by atoms with Gasteiger partial charge in [0.05, 0.1) is 13.0 Å². The van der Waals surface area contributed by atoms with Crippen molar-refractivity contribution in [1.82, 2.24) is 14.8 Å². The number of pyridine rings is 1. The third kappa shape index (κ3) is 3.98. The van der Waals surface area contributed by atoms with Crippen LogP contribution in [0.1, 0.15) is 29.7 Å². The highest BCUT2D eigenvalue weighted by atomic mass is 16.5. The second-order valence-electron chi connectivity index (χ2n) is 7.95. The normalized spacial score (nSPS) is 19.3. The maximum atomic E-state index is 13.1. The van der Waals surface area contributed by atoms with Gasteiger partial charge in [0.2, 0.25) is 5.91 Å². The van der Waals surface area contributed by atoms with Gasteiger partial charge in [0.1, 0.15) is 11.4 Å². The molecule has 2 aliphatic rings. The summed E-state index contributed by atoms with van der Waals surface area (Å²) in [5.74, 6) is 1.04. The van der Waals surface area contributed by atoms with Crippen LogP contribution >= 0.6 is 0 Å². The topological polar surface area (TPSA) is 45.7 Å². The second kappa shape index (κ2) is 7.31. The van der Waals surface area contributed by atoms with Crippen LogP contribution in [0, 0.1) is 6.92 Å². The van der Waals surface area contributed by atoms with Crippen molar-refractivity contribution in [2.45, 2.75) is 38.3 Å². The molecule has 3 heterocycles. The predicted molar refractivity (Wildman–Crippen MR) is 105 cm³/mol. The van der Waals surface area contributed by atoms with E-state index in [2.05, 4.69) is 42.1 Å². The monoisotopic (exact) mass is 365 g/mol. The highest BCUT2D eigenvalue weighted by Crippen LogP contribution is 2.36. The summed E-state index contributed by atoms with van der Waals surface area (Å²) < 4.78 is 6.58. The molecule has 1 amide bonds. The van der Waals surface area contributed by atoms with E-state index in [0.29, 0.717) is 19.5 Å². The largest absolute Gasteiger partial charge is 0.485 e. The third-order valence-corrected chi connectivity index (χ3v) is 5.69. The summed E-state index contributed by atoms with van der Waals surface area (Å²) in [5, 5.41) is 0. The van der Waals surface area contributed by atoms with Crippen molar-refractivity contribution >= 4 is 5.91 Å². The van der Waals surface area contributed by atoms with Gasteiger partial charge in [0.15, 0.2) is 0 Å². The van der Waals surface area contributed by atoms with Crippen LogP contribution in [0.5, 0.6) is 5.75 Å². The summed E-state index contributed by atoms with van der Waals surface area (Å²) in [5.41, 5.74) is 2.80. The molecule has 0 aliphatic carbocycles. The Morgan fingerprint density at radius 2 is 2.04 bits per heavy atom. The summed E-state index contributed by atoms with van der Waals surface area (Å²) in [4.78, 5) is 21.8. The van der Waals surface area contributed by atoms with E-state index in [-0.39, 0.29) is 11.5 Å². The van der Waals surface area contributed by atoms with Gasteiger partial charge in [-0.15, -0.1) is 0 Å². The smallest absolute Gasteiger partial charge is 0.229 e. The van der Waals surface area contributed by atoms with Crippen molar-refractivity contribution in [2.75, 3.05) is 26.7 Å². The van der Waals surface area contributed by atoms with Crippen molar-refractivity contribution < 1.29 is 9.53 Å². The fourth-order valence-electron chi connectivity index (χ4n) is 4.04. The molecule has 5 heteroatoms. The number of benzene rings is 1. The molecule has 27 heavy (non-hydrogen) atoms. The number of carbonyl (C=O) groups is 1. The summed E-state index contributed by atoms with van der Waals surface area (Å²) in [6, 6.07) is 12.0. The highest BCUT2D eigenvalue weighted by molar-refractivity contribution is 5.78. The van der Waals surface area contributed by atoms with Crippen LogP contribution in [0.4, 0.5) is 0 Å². The average molecular weight is 365 g/mol. The van der Waals surface area contributed by atoms with Crippen LogP contribution in [-0.4, -0.2) is 53.0 Å². The molecule has 0 unspecified atom stereocenters. The first-order valence-corrected chi connectivity index (χ1v) is 9.68. The minimum absolute atomic E-state index is 0.116. The Bertz CT molecular complexity index is 814. The van der Waals surface area contributed by atoms with E-state index < -0.39 is 0 Å². The number of ether oxygens (including phenoxy) is 1. The molecule has 1 spiro atoms. The molecule has 0 saturated carbocycles. The Morgan fingerprint density at radius 1 is 1.22 bits per heavy atom. The average Bonchev–Trinajstić information content (AvgIpc) is 2.82. The number of nitrogens with zero attached hydrogens (tertiary/aromatic N) is 3. The molecule has 1 fully saturated rings. The molecular formula is C22H27N3O2. The molecular weight excluding hydrogens is 338 g/mol. The molecule has 4 rings (SSSR count). The van der Waals surface area contributed by atoms with Crippen LogP contribution in [0.25, 0.3) is 0 Å². The van der Waals surface area contributed by atoms with Crippen LogP contribution in [-0.2, 0) is 17.8 Å². The lowest BCUT2D eigenvalue weighted by molar-refractivity contribution is -0.134. The van der Waals surface area contributed by atoms with Crippen LogP contribution in [0.2, 0.25) is 0 Å². The standard InChI is InChI=1S/C22H27N3O2/c1-17-6-7-20-18(13-17)15-25(21(26)14-19-5-3-4-10-23-19)16-22(27-20)8-11-24(2)12-9-22/h3-7,10,13H,8-9,11-12,14-16H2,1-2H3. The van der Waals surface area contributed by atoms with E-state index in [9.17, 15) is 4.79 Å². The van der Waals surface area contributed by atoms with Crippen molar-refractivity contribution in [3.63, 3.8) is 0 Å². The Labute approximate surface area is 161 Å². The number of hydrogen-bond donors (Lipinski definition) is 0. The molecule has 0 radical (unpaired) electrons. The molecule has 0 bridgehead atoms. The first-order chi connectivity index (χ1) is 13.0. The van der Waals surface area contributed by atoms with Crippen LogP contribution in [0.3, 0.4) is 0 Å². The summed E-state index contributed by atoms with van der Waals surface area (Å²) in [7, 11) is 2.14. The number of hydrogen-bond acceptors (Lipinski definition) is 4. The van der Waals surface area contributed by atoms with Gasteiger partial charge in [-0.2, -0.15) is 0 Å². The van der Waals surface area contributed by atoms with Crippen molar-refractivity contribution in [3.8, 4) is 5.75 Å². The van der Waals surface area contributed by atoms with Crippen molar-refractivity contribution in [3.05, 3.63) is 59.4 Å².